The van der Waals surface area contributed by atoms with Crippen molar-refractivity contribution in [3.05, 3.63) is 53.3 Å². The molecular weight excluding hydrogens is 274 g/mol. The van der Waals surface area contributed by atoms with Gasteiger partial charge in [0.2, 0.25) is 0 Å². The zero-order valence-corrected chi connectivity index (χ0v) is 12.4. The zero-order chi connectivity index (χ0) is 14.4. The van der Waals surface area contributed by atoms with E-state index in [1.54, 1.807) is 10.9 Å². The third-order valence-electron chi connectivity index (χ3n) is 3.17. The van der Waals surface area contributed by atoms with Gasteiger partial charge in [-0.05, 0) is 30.3 Å². The number of rotatable bonds is 7. The van der Waals surface area contributed by atoms with E-state index in [1.807, 2.05) is 30.5 Å². The lowest BCUT2D eigenvalue weighted by atomic mass is 10.2. The highest BCUT2D eigenvalue weighted by Crippen LogP contribution is 2.13. The Labute approximate surface area is 124 Å². The van der Waals surface area contributed by atoms with Crippen LogP contribution >= 0.6 is 11.6 Å². The second kappa shape index (κ2) is 7.43. The Morgan fingerprint density at radius 2 is 2.25 bits per heavy atom. The van der Waals surface area contributed by atoms with Crippen molar-refractivity contribution < 1.29 is 5.11 Å². The van der Waals surface area contributed by atoms with Crippen LogP contribution < -0.4 is 0 Å². The first kappa shape index (κ1) is 15.0. The van der Waals surface area contributed by atoms with Crippen molar-refractivity contribution in [2.75, 3.05) is 13.1 Å². The fourth-order valence-electron chi connectivity index (χ4n) is 2.18. The summed E-state index contributed by atoms with van der Waals surface area (Å²) in [6.07, 6.45) is 3.14. The van der Waals surface area contributed by atoms with Gasteiger partial charge < -0.3 is 5.11 Å². The summed E-state index contributed by atoms with van der Waals surface area (Å²) in [4.78, 5) is 2.19. The molecule has 0 aliphatic heterocycles. The highest BCUT2D eigenvalue weighted by Gasteiger charge is 2.11. The average Bonchev–Trinajstić information content (AvgIpc) is 2.90. The quantitative estimate of drug-likeness (QED) is 0.852. The van der Waals surface area contributed by atoms with Crippen LogP contribution in [0.15, 0.2) is 42.7 Å². The van der Waals surface area contributed by atoms with Crippen LogP contribution in [0.4, 0.5) is 0 Å². The van der Waals surface area contributed by atoms with E-state index in [4.69, 9.17) is 11.6 Å². The van der Waals surface area contributed by atoms with E-state index in [1.165, 1.54) is 0 Å². The Morgan fingerprint density at radius 1 is 1.40 bits per heavy atom. The number of hydrogen-bond donors (Lipinski definition) is 1. The molecule has 0 amide bonds. The number of aliphatic hydroxyl groups excluding tert-OH is 1. The van der Waals surface area contributed by atoms with E-state index in [9.17, 15) is 5.11 Å². The molecule has 0 fully saturated rings. The maximum Gasteiger partial charge on any atom is 0.0862 e. The highest BCUT2D eigenvalue weighted by atomic mass is 35.5. The molecule has 0 saturated heterocycles. The summed E-state index contributed by atoms with van der Waals surface area (Å²) in [5.41, 5.74) is 1.16. The van der Waals surface area contributed by atoms with Gasteiger partial charge in [-0.1, -0.05) is 30.7 Å². The number of benzene rings is 1. The average molecular weight is 294 g/mol. The fraction of sp³-hybridized carbons (Fsp3) is 0.400. The molecule has 4 nitrogen and oxygen atoms in total. The Hall–Kier alpha value is -1.36. The summed E-state index contributed by atoms with van der Waals surface area (Å²) in [7, 11) is 0. The van der Waals surface area contributed by atoms with Gasteiger partial charge in [-0.3, -0.25) is 9.58 Å². The van der Waals surface area contributed by atoms with Gasteiger partial charge in [0.25, 0.3) is 0 Å². The smallest absolute Gasteiger partial charge is 0.0862 e. The summed E-state index contributed by atoms with van der Waals surface area (Å²) < 4.78 is 1.75. The third-order valence-corrected chi connectivity index (χ3v) is 3.40. The minimum atomic E-state index is -0.436. The Kier molecular flexibility index (Phi) is 5.59. The zero-order valence-electron chi connectivity index (χ0n) is 11.6. The van der Waals surface area contributed by atoms with Crippen LogP contribution in [0.2, 0.25) is 5.02 Å². The van der Waals surface area contributed by atoms with Gasteiger partial charge in [0, 0.05) is 30.5 Å². The molecule has 2 rings (SSSR count). The number of hydrogen-bond acceptors (Lipinski definition) is 3. The molecule has 1 atom stereocenters. The molecule has 1 heterocycles. The lowest BCUT2D eigenvalue weighted by Crippen LogP contribution is -2.34. The van der Waals surface area contributed by atoms with Gasteiger partial charge in [-0.15, -0.1) is 0 Å². The van der Waals surface area contributed by atoms with Gasteiger partial charge in [0.15, 0.2) is 0 Å². The second-order valence-electron chi connectivity index (χ2n) is 4.84. The maximum absolute atomic E-state index is 10.1. The molecule has 1 aromatic heterocycles. The molecule has 0 spiro atoms. The first-order chi connectivity index (χ1) is 9.67. The summed E-state index contributed by atoms with van der Waals surface area (Å²) in [6, 6.07) is 9.69. The van der Waals surface area contributed by atoms with E-state index in [2.05, 4.69) is 23.0 Å². The van der Waals surface area contributed by atoms with Gasteiger partial charge in [0.1, 0.15) is 0 Å². The lowest BCUT2D eigenvalue weighted by Gasteiger charge is -2.23. The van der Waals surface area contributed by atoms with Gasteiger partial charge in [-0.25, -0.2) is 0 Å². The fourth-order valence-corrected chi connectivity index (χ4v) is 2.39. The molecule has 0 radical (unpaired) electrons. The number of halogens is 1. The van der Waals surface area contributed by atoms with Crippen LogP contribution in [-0.2, 0) is 13.1 Å². The number of likely N-dealkylation sites (N-methyl/N-ethyl adjacent to an activating group) is 1. The van der Waals surface area contributed by atoms with Crippen LogP contribution in [0.25, 0.3) is 0 Å². The van der Waals surface area contributed by atoms with Gasteiger partial charge in [0.05, 0.1) is 12.6 Å². The summed E-state index contributed by atoms with van der Waals surface area (Å²) in [5.74, 6) is 0. The van der Waals surface area contributed by atoms with E-state index in [-0.39, 0.29) is 0 Å². The molecule has 5 heteroatoms. The Balaban J connectivity index is 1.88. The summed E-state index contributed by atoms with van der Waals surface area (Å²) in [5, 5.41) is 15.0. The van der Waals surface area contributed by atoms with Crippen molar-refractivity contribution in [1.82, 2.24) is 14.7 Å². The molecule has 0 aliphatic carbocycles. The van der Waals surface area contributed by atoms with Crippen LogP contribution in [0, 0.1) is 0 Å². The van der Waals surface area contributed by atoms with Crippen LogP contribution in [-0.4, -0.2) is 39.0 Å². The Bertz CT molecular complexity index is 516. The molecule has 0 unspecified atom stereocenters. The normalized spacial score (nSPS) is 12.8. The maximum atomic E-state index is 10.1. The number of aromatic nitrogens is 2. The van der Waals surface area contributed by atoms with Crippen molar-refractivity contribution >= 4 is 11.6 Å². The van der Waals surface area contributed by atoms with Crippen molar-refractivity contribution in [2.24, 2.45) is 0 Å². The predicted molar refractivity (Wildman–Crippen MR) is 80.6 cm³/mol. The second-order valence-corrected chi connectivity index (χ2v) is 5.28. The molecule has 20 heavy (non-hydrogen) atoms. The van der Waals surface area contributed by atoms with Gasteiger partial charge >= 0.3 is 0 Å². The first-order valence-electron chi connectivity index (χ1n) is 6.79. The van der Waals surface area contributed by atoms with Crippen molar-refractivity contribution in [1.29, 1.82) is 0 Å². The number of aliphatic hydroxyl groups is 1. The SMILES string of the molecule is CCN(Cc1cccc(Cl)c1)C[C@@H](O)Cn1cccn1. The largest absolute Gasteiger partial charge is 0.390 e. The van der Waals surface area contributed by atoms with Crippen LogP contribution in [0.5, 0.6) is 0 Å². The van der Waals surface area contributed by atoms with E-state index in [0.717, 1.165) is 23.7 Å². The minimum absolute atomic E-state index is 0.436. The summed E-state index contributed by atoms with van der Waals surface area (Å²) >= 11 is 5.99. The van der Waals surface area contributed by atoms with Crippen molar-refractivity contribution in [2.45, 2.75) is 26.1 Å². The standard InChI is InChI=1S/C15H20ClN3O/c1-2-18(10-13-5-3-6-14(16)9-13)11-15(20)12-19-8-4-7-17-19/h3-9,15,20H,2,10-12H2,1H3/t15-/m1/s1. The monoisotopic (exact) mass is 293 g/mol. The van der Waals surface area contributed by atoms with Crippen molar-refractivity contribution in [3.63, 3.8) is 0 Å². The first-order valence-corrected chi connectivity index (χ1v) is 7.17. The van der Waals surface area contributed by atoms with Crippen LogP contribution in [0.3, 0.4) is 0 Å². The molecule has 0 bridgehead atoms. The highest BCUT2D eigenvalue weighted by molar-refractivity contribution is 6.30. The van der Waals surface area contributed by atoms with Gasteiger partial charge in [-0.2, -0.15) is 5.10 Å². The van der Waals surface area contributed by atoms with E-state index < -0.39 is 6.10 Å². The minimum Gasteiger partial charge on any atom is -0.390 e. The topological polar surface area (TPSA) is 41.3 Å². The van der Waals surface area contributed by atoms with Crippen LogP contribution in [0.1, 0.15) is 12.5 Å². The van der Waals surface area contributed by atoms with E-state index in [0.29, 0.717) is 13.1 Å². The predicted octanol–water partition coefficient (Wildman–Crippen LogP) is 2.42. The Morgan fingerprint density at radius 3 is 2.90 bits per heavy atom. The lowest BCUT2D eigenvalue weighted by molar-refractivity contribution is 0.0941. The summed E-state index contributed by atoms with van der Waals surface area (Å²) in [6.45, 7) is 4.88. The molecule has 0 aliphatic rings. The molecule has 1 N–H and O–H groups in total. The third kappa shape index (κ3) is 4.63. The molecule has 108 valence electrons. The number of nitrogens with zero attached hydrogens (tertiary/aromatic N) is 3. The van der Waals surface area contributed by atoms with E-state index >= 15 is 0 Å². The van der Waals surface area contributed by atoms with Crippen molar-refractivity contribution in [3.8, 4) is 0 Å². The molecule has 1 aromatic carbocycles. The molecular formula is C15H20ClN3O. The molecule has 2 aromatic rings. The molecule has 0 saturated carbocycles.